The molecule has 0 saturated heterocycles. The summed E-state index contributed by atoms with van der Waals surface area (Å²) in [6.45, 7) is 6.09. The van der Waals surface area contributed by atoms with Crippen LogP contribution in [0.4, 0.5) is 0 Å². The number of nitrogens with zero attached hydrogens (tertiary/aromatic N) is 1. The lowest BCUT2D eigenvalue weighted by Gasteiger charge is -2.27. The number of hydrogen-bond acceptors (Lipinski definition) is 4. The van der Waals surface area contributed by atoms with E-state index in [1.54, 1.807) is 19.2 Å². The molecular formula is C13H20ClNO2S. The molecule has 1 rings (SSSR count). The fraction of sp³-hybridized carbons (Fsp3) is 0.615. The average Bonchev–Trinajstić information content (AvgIpc) is 2.80. The maximum Gasteiger partial charge on any atom is 0.186 e. The van der Waals surface area contributed by atoms with Gasteiger partial charge in [0.05, 0.1) is 22.4 Å². The Bertz CT molecular complexity index is 381. The third-order valence-electron chi connectivity index (χ3n) is 2.99. The van der Waals surface area contributed by atoms with Crippen molar-refractivity contribution >= 4 is 28.7 Å². The summed E-state index contributed by atoms with van der Waals surface area (Å²) in [5.41, 5.74) is 0. The van der Waals surface area contributed by atoms with Gasteiger partial charge in [0.15, 0.2) is 5.78 Å². The summed E-state index contributed by atoms with van der Waals surface area (Å²) >= 11 is 7.19. The van der Waals surface area contributed by atoms with Crippen LogP contribution in [0.3, 0.4) is 0 Å². The molecule has 102 valence electrons. The lowest BCUT2D eigenvalue weighted by molar-refractivity contribution is 0.0838. The number of Topliss-reactive ketones (excluding diaryl/α,β-unsaturated/α-hetero) is 1. The second-order valence-electron chi connectivity index (χ2n) is 4.25. The van der Waals surface area contributed by atoms with E-state index in [4.69, 9.17) is 16.3 Å². The summed E-state index contributed by atoms with van der Waals surface area (Å²) in [5, 5.41) is 0. The fourth-order valence-corrected chi connectivity index (χ4v) is 2.62. The van der Waals surface area contributed by atoms with Crippen molar-refractivity contribution in [1.82, 2.24) is 4.90 Å². The van der Waals surface area contributed by atoms with E-state index in [-0.39, 0.29) is 5.78 Å². The van der Waals surface area contributed by atoms with Gasteiger partial charge in [-0.05, 0) is 25.5 Å². The molecule has 0 bridgehead atoms. The van der Waals surface area contributed by atoms with Crippen LogP contribution in [-0.4, -0.2) is 43.5 Å². The topological polar surface area (TPSA) is 29.5 Å². The minimum atomic E-state index is 0.128. The van der Waals surface area contributed by atoms with Gasteiger partial charge < -0.3 is 4.74 Å². The van der Waals surface area contributed by atoms with Crippen molar-refractivity contribution in [3.8, 4) is 0 Å². The van der Waals surface area contributed by atoms with Crippen LogP contribution in [0.15, 0.2) is 12.1 Å². The molecule has 0 aliphatic rings. The number of carbonyl (C=O) groups excluding carboxylic acids is 1. The minimum Gasteiger partial charge on any atom is -0.383 e. The standard InChI is InChI=1S/C13H20ClNO2S/c1-4-10(2)15(7-8-17-3)9-11(16)12-5-6-13(14)18-12/h5-6,10H,4,7-9H2,1-3H3. The second-order valence-corrected chi connectivity index (χ2v) is 5.96. The molecule has 1 aromatic rings. The van der Waals surface area contributed by atoms with Gasteiger partial charge in [-0.2, -0.15) is 0 Å². The summed E-state index contributed by atoms with van der Waals surface area (Å²) in [6, 6.07) is 3.93. The highest BCUT2D eigenvalue weighted by molar-refractivity contribution is 7.18. The van der Waals surface area contributed by atoms with E-state index >= 15 is 0 Å². The van der Waals surface area contributed by atoms with Crippen molar-refractivity contribution in [2.75, 3.05) is 26.8 Å². The number of halogens is 1. The summed E-state index contributed by atoms with van der Waals surface area (Å²) < 4.78 is 5.74. The highest BCUT2D eigenvalue weighted by Crippen LogP contribution is 2.22. The molecule has 0 radical (unpaired) electrons. The molecule has 1 aromatic heterocycles. The van der Waals surface area contributed by atoms with Crippen molar-refractivity contribution in [2.45, 2.75) is 26.3 Å². The first-order chi connectivity index (χ1) is 8.58. The van der Waals surface area contributed by atoms with Crippen molar-refractivity contribution in [2.24, 2.45) is 0 Å². The van der Waals surface area contributed by atoms with Gasteiger partial charge in [0, 0.05) is 19.7 Å². The molecule has 18 heavy (non-hydrogen) atoms. The zero-order chi connectivity index (χ0) is 13.5. The SMILES string of the molecule is CCC(C)N(CCOC)CC(=O)c1ccc(Cl)s1. The van der Waals surface area contributed by atoms with Crippen LogP contribution in [0.1, 0.15) is 29.9 Å². The Hall–Kier alpha value is -0.420. The molecule has 3 nitrogen and oxygen atoms in total. The zero-order valence-electron chi connectivity index (χ0n) is 11.1. The van der Waals surface area contributed by atoms with Crippen LogP contribution in [0.5, 0.6) is 0 Å². The van der Waals surface area contributed by atoms with Crippen LogP contribution < -0.4 is 0 Å². The van der Waals surface area contributed by atoms with Gasteiger partial charge in [0.1, 0.15) is 0 Å². The monoisotopic (exact) mass is 289 g/mol. The highest BCUT2D eigenvalue weighted by Gasteiger charge is 2.17. The number of carbonyl (C=O) groups is 1. The number of rotatable bonds is 8. The van der Waals surface area contributed by atoms with E-state index < -0.39 is 0 Å². The summed E-state index contributed by atoms with van der Waals surface area (Å²) in [5.74, 6) is 0.128. The van der Waals surface area contributed by atoms with Crippen LogP contribution in [0, 0.1) is 0 Å². The van der Waals surface area contributed by atoms with Crippen molar-refractivity contribution in [3.63, 3.8) is 0 Å². The van der Waals surface area contributed by atoms with Gasteiger partial charge in [-0.3, -0.25) is 9.69 Å². The molecule has 1 heterocycles. The lowest BCUT2D eigenvalue weighted by Crippen LogP contribution is -2.39. The molecule has 0 spiro atoms. The van der Waals surface area contributed by atoms with Gasteiger partial charge in [-0.1, -0.05) is 18.5 Å². The summed E-state index contributed by atoms with van der Waals surface area (Å²) in [4.78, 5) is 15.0. The van der Waals surface area contributed by atoms with E-state index in [0.29, 0.717) is 23.5 Å². The Labute approximate surface area is 118 Å². The summed E-state index contributed by atoms with van der Waals surface area (Å²) in [6.07, 6.45) is 1.02. The molecule has 0 aliphatic heterocycles. The molecule has 0 aliphatic carbocycles. The Morgan fingerprint density at radius 3 is 2.78 bits per heavy atom. The largest absolute Gasteiger partial charge is 0.383 e. The van der Waals surface area contributed by atoms with Crippen LogP contribution in [0.25, 0.3) is 0 Å². The molecule has 0 N–H and O–H groups in total. The van der Waals surface area contributed by atoms with Gasteiger partial charge in [0.25, 0.3) is 0 Å². The normalized spacial score (nSPS) is 12.9. The number of ether oxygens (including phenoxy) is 1. The van der Waals surface area contributed by atoms with Gasteiger partial charge in [-0.25, -0.2) is 0 Å². The highest BCUT2D eigenvalue weighted by atomic mass is 35.5. The van der Waals surface area contributed by atoms with E-state index in [1.165, 1.54) is 11.3 Å². The van der Waals surface area contributed by atoms with Gasteiger partial charge in [-0.15, -0.1) is 11.3 Å². The smallest absolute Gasteiger partial charge is 0.186 e. The fourth-order valence-electron chi connectivity index (χ4n) is 1.65. The molecular weight excluding hydrogens is 270 g/mol. The number of methoxy groups -OCH3 is 1. The molecule has 5 heteroatoms. The lowest BCUT2D eigenvalue weighted by atomic mass is 10.2. The Balaban J connectivity index is 2.61. The quantitative estimate of drug-likeness (QED) is 0.688. The van der Waals surface area contributed by atoms with Gasteiger partial charge in [0.2, 0.25) is 0 Å². The van der Waals surface area contributed by atoms with Gasteiger partial charge >= 0.3 is 0 Å². The van der Waals surface area contributed by atoms with Crippen molar-refractivity contribution in [3.05, 3.63) is 21.3 Å². The first-order valence-electron chi connectivity index (χ1n) is 6.10. The van der Waals surface area contributed by atoms with Crippen LogP contribution in [0.2, 0.25) is 4.34 Å². The zero-order valence-corrected chi connectivity index (χ0v) is 12.7. The number of ketones is 1. The van der Waals surface area contributed by atoms with E-state index in [1.807, 2.05) is 0 Å². The predicted octanol–water partition coefficient (Wildman–Crippen LogP) is 3.33. The Morgan fingerprint density at radius 1 is 1.56 bits per heavy atom. The first-order valence-corrected chi connectivity index (χ1v) is 7.29. The molecule has 0 fully saturated rings. The van der Waals surface area contributed by atoms with Crippen molar-refractivity contribution in [1.29, 1.82) is 0 Å². The molecule has 1 unspecified atom stereocenters. The second kappa shape index (κ2) is 7.89. The predicted molar refractivity (Wildman–Crippen MR) is 76.9 cm³/mol. The Kier molecular flexibility index (Phi) is 6.86. The Morgan fingerprint density at radius 2 is 2.28 bits per heavy atom. The third-order valence-corrected chi connectivity index (χ3v) is 4.26. The molecule has 0 saturated carbocycles. The molecule has 0 amide bonds. The summed E-state index contributed by atoms with van der Waals surface area (Å²) in [7, 11) is 1.68. The first kappa shape index (κ1) is 15.6. The molecule has 1 atom stereocenters. The maximum atomic E-state index is 12.1. The minimum absolute atomic E-state index is 0.128. The average molecular weight is 290 g/mol. The van der Waals surface area contributed by atoms with E-state index in [9.17, 15) is 4.79 Å². The van der Waals surface area contributed by atoms with E-state index in [0.717, 1.165) is 17.8 Å². The number of hydrogen-bond donors (Lipinski definition) is 0. The van der Waals surface area contributed by atoms with Crippen molar-refractivity contribution < 1.29 is 9.53 Å². The van der Waals surface area contributed by atoms with Crippen LogP contribution in [-0.2, 0) is 4.74 Å². The third kappa shape index (κ3) is 4.69. The molecule has 0 aromatic carbocycles. The number of thiophene rings is 1. The van der Waals surface area contributed by atoms with E-state index in [2.05, 4.69) is 18.7 Å². The maximum absolute atomic E-state index is 12.1. The van der Waals surface area contributed by atoms with Crippen LogP contribution >= 0.6 is 22.9 Å².